The Kier molecular flexibility index (Phi) is 3.42. The van der Waals surface area contributed by atoms with Gasteiger partial charge in [-0.1, -0.05) is 42.5 Å². The molecule has 1 saturated carbocycles. The van der Waals surface area contributed by atoms with Gasteiger partial charge in [-0.2, -0.15) is 0 Å². The molecule has 1 aromatic rings. The van der Waals surface area contributed by atoms with Crippen LogP contribution in [0.2, 0.25) is 0 Å². The van der Waals surface area contributed by atoms with Crippen molar-refractivity contribution in [2.24, 2.45) is 5.73 Å². The molecular formula is C14H19NO. The Hall–Kier alpha value is -1.12. The number of rotatable bonds is 2. The molecule has 16 heavy (non-hydrogen) atoms. The summed E-state index contributed by atoms with van der Waals surface area (Å²) in [5, 5.41) is 9.45. The summed E-state index contributed by atoms with van der Waals surface area (Å²) in [5.41, 5.74) is 7.22. The maximum atomic E-state index is 9.45. The second-order valence-corrected chi connectivity index (χ2v) is 4.71. The topological polar surface area (TPSA) is 46.2 Å². The molecule has 1 aliphatic rings. The lowest BCUT2D eigenvalue weighted by Crippen LogP contribution is -2.42. The quantitative estimate of drug-likeness (QED) is 0.798. The summed E-state index contributed by atoms with van der Waals surface area (Å²) in [5.74, 6) is 0. The van der Waals surface area contributed by atoms with Crippen molar-refractivity contribution >= 4 is 6.08 Å². The number of aliphatic hydroxyl groups excluding tert-OH is 1. The molecule has 0 unspecified atom stereocenters. The molecule has 0 radical (unpaired) electrons. The molecule has 0 heterocycles. The Morgan fingerprint density at radius 3 is 2.44 bits per heavy atom. The minimum absolute atomic E-state index is 0.151. The molecule has 0 aromatic heterocycles. The molecule has 0 atom stereocenters. The van der Waals surface area contributed by atoms with Crippen LogP contribution in [0.15, 0.2) is 36.4 Å². The summed E-state index contributed by atoms with van der Waals surface area (Å²) >= 11 is 0. The van der Waals surface area contributed by atoms with Crippen LogP contribution in [0.5, 0.6) is 0 Å². The van der Waals surface area contributed by atoms with Gasteiger partial charge in [0.1, 0.15) is 0 Å². The van der Waals surface area contributed by atoms with Crippen molar-refractivity contribution in [1.29, 1.82) is 0 Å². The average molecular weight is 217 g/mol. The van der Waals surface area contributed by atoms with Crippen LogP contribution in [-0.2, 0) is 0 Å². The number of nitrogens with two attached hydrogens (primary N) is 1. The zero-order valence-electron chi connectivity index (χ0n) is 9.47. The van der Waals surface area contributed by atoms with E-state index in [0.717, 1.165) is 25.7 Å². The zero-order valence-corrected chi connectivity index (χ0v) is 9.47. The molecule has 3 N–H and O–H groups in total. The summed E-state index contributed by atoms with van der Waals surface area (Å²) in [6.45, 7) is 0. The van der Waals surface area contributed by atoms with Crippen LogP contribution in [-0.4, -0.2) is 16.7 Å². The van der Waals surface area contributed by atoms with Crippen molar-refractivity contribution in [2.75, 3.05) is 0 Å². The summed E-state index contributed by atoms with van der Waals surface area (Å²) < 4.78 is 0. The maximum absolute atomic E-state index is 9.45. The third kappa shape index (κ3) is 2.94. The number of benzene rings is 1. The lowest BCUT2D eigenvalue weighted by molar-refractivity contribution is 0.110. The van der Waals surface area contributed by atoms with Gasteiger partial charge in [0.05, 0.1) is 6.10 Å². The zero-order chi connectivity index (χ0) is 11.4. The van der Waals surface area contributed by atoms with Gasteiger partial charge in [0.25, 0.3) is 0 Å². The highest BCUT2D eigenvalue weighted by Crippen LogP contribution is 2.27. The maximum Gasteiger partial charge on any atom is 0.0541 e. The predicted molar refractivity (Wildman–Crippen MR) is 66.9 cm³/mol. The Labute approximate surface area is 96.8 Å². The number of aliphatic hydroxyl groups is 1. The Morgan fingerprint density at radius 1 is 1.19 bits per heavy atom. The van der Waals surface area contributed by atoms with E-state index < -0.39 is 0 Å². The van der Waals surface area contributed by atoms with Gasteiger partial charge in [0.2, 0.25) is 0 Å². The lowest BCUT2D eigenvalue weighted by Gasteiger charge is -2.32. The molecule has 2 heteroatoms. The van der Waals surface area contributed by atoms with Crippen LogP contribution in [0, 0.1) is 0 Å². The van der Waals surface area contributed by atoms with E-state index in [1.807, 2.05) is 18.2 Å². The van der Waals surface area contributed by atoms with E-state index in [-0.39, 0.29) is 11.6 Å². The van der Waals surface area contributed by atoms with E-state index in [1.54, 1.807) is 0 Å². The van der Waals surface area contributed by atoms with Gasteiger partial charge in [0.15, 0.2) is 0 Å². The van der Waals surface area contributed by atoms with Gasteiger partial charge in [-0.25, -0.2) is 0 Å². The number of hydrogen-bond donors (Lipinski definition) is 2. The first-order chi connectivity index (χ1) is 7.68. The van der Waals surface area contributed by atoms with Crippen molar-refractivity contribution in [3.63, 3.8) is 0 Å². The molecule has 2 rings (SSSR count). The third-order valence-electron chi connectivity index (χ3n) is 3.29. The van der Waals surface area contributed by atoms with Crippen molar-refractivity contribution < 1.29 is 5.11 Å². The molecule has 0 amide bonds. The van der Waals surface area contributed by atoms with Crippen LogP contribution in [0.3, 0.4) is 0 Å². The van der Waals surface area contributed by atoms with Crippen molar-refractivity contribution in [2.45, 2.75) is 37.3 Å². The first kappa shape index (κ1) is 11.4. The second kappa shape index (κ2) is 4.81. The van der Waals surface area contributed by atoms with E-state index in [0.29, 0.717) is 0 Å². The van der Waals surface area contributed by atoms with Gasteiger partial charge in [-0.15, -0.1) is 0 Å². The molecule has 1 aliphatic carbocycles. The van der Waals surface area contributed by atoms with Crippen LogP contribution >= 0.6 is 0 Å². The highest BCUT2D eigenvalue weighted by molar-refractivity contribution is 5.50. The van der Waals surface area contributed by atoms with Crippen molar-refractivity contribution in [3.05, 3.63) is 42.0 Å². The predicted octanol–water partition coefficient (Wildman–Crippen LogP) is 2.33. The summed E-state index contributed by atoms with van der Waals surface area (Å²) in [4.78, 5) is 0. The molecule has 86 valence electrons. The lowest BCUT2D eigenvalue weighted by atomic mass is 9.81. The third-order valence-corrected chi connectivity index (χ3v) is 3.29. The van der Waals surface area contributed by atoms with Crippen LogP contribution in [0.4, 0.5) is 0 Å². The van der Waals surface area contributed by atoms with E-state index in [1.165, 1.54) is 5.56 Å². The first-order valence-electron chi connectivity index (χ1n) is 5.89. The fraction of sp³-hybridized carbons (Fsp3) is 0.429. The largest absolute Gasteiger partial charge is 0.393 e. The standard InChI is InChI=1S/C14H19NO/c15-14(10-7-13(16)8-11-14)9-6-12-4-2-1-3-5-12/h1-6,9,13,16H,7-8,10-11,15H2/b9-6+. The van der Waals surface area contributed by atoms with Gasteiger partial charge < -0.3 is 10.8 Å². The van der Waals surface area contributed by atoms with Gasteiger partial charge in [0, 0.05) is 5.54 Å². The molecule has 2 nitrogen and oxygen atoms in total. The van der Waals surface area contributed by atoms with E-state index in [2.05, 4.69) is 24.3 Å². The molecule has 1 aromatic carbocycles. The summed E-state index contributed by atoms with van der Waals surface area (Å²) in [6.07, 6.45) is 7.40. The van der Waals surface area contributed by atoms with E-state index >= 15 is 0 Å². The highest BCUT2D eigenvalue weighted by Gasteiger charge is 2.28. The number of hydrogen-bond acceptors (Lipinski definition) is 2. The van der Waals surface area contributed by atoms with Crippen molar-refractivity contribution in [1.82, 2.24) is 0 Å². The fourth-order valence-corrected chi connectivity index (χ4v) is 2.13. The minimum atomic E-state index is -0.227. The van der Waals surface area contributed by atoms with Crippen LogP contribution in [0.1, 0.15) is 31.2 Å². The molecule has 0 saturated heterocycles. The summed E-state index contributed by atoms with van der Waals surface area (Å²) in [6, 6.07) is 10.2. The molecule has 0 bridgehead atoms. The van der Waals surface area contributed by atoms with Crippen molar-refractivity contribution in [3.8, 4) is 0 Å². The summed E-state index contributed by atoms with van der Waals surface area (Å²) in [7, 11) is 0. The molecule has 0 spiro atoms. The Morgan fingerprint density at radius 2 is 1.81 bits per heavy atom. The molecule has 0 aliphatic heterocycles. The van der Waals surface area contributed by atoms with Crippen LogP contribution in [0.25, 0.3) is 6.08 Å². The average Bonchev–Trinajstić information content (AvgIpc) is 2.33. The Bertz CT molecular complexity index is 350. The SMILES string of the molecule is NC1(/C=C/c2ccccc2)CCC(O)CC1. The smallest absolute Gasteiger partial charge is 0.0541 e. The van der Waals surface area contributed by atoms with E-state index in [4.69, 9.17) is 5.73 Å². The minimum Gasteiger partial charge on any atom is -0.393 e. The fourth-order valence-electron chi connectivity index (χ4n) is 2.13. The van der Waals surface area contributed by atoms with E-state index in [9.17, 15) is 5.11 Å². The highest BCUT2D eigenvalue weighted by atomic mass is 16.3. The Balaban J connectivity index is 2.01. The van der Waals surface area contributed by atoms with Gasteiger partial charge in [-0.3, -0.25) is 0 Å². The van der Waals surface area contributed by atoms with Crippen LogP contribution < -0.4 is 5.73 Å². The monoisotopic (exact) mass is 217 g/mol. The van der Waals surface area contributed by atoms with Gasteiger partial charge in [-0.05, 0) is 31.2 Å². The second-order valence-electron chi connectivity index (χ2n) is 4.71. The molecule has 1 fully saturated rings. The normalized spacial score (nSPS) is 30.8. The van der Waals surface area contributed by atoms with Gasteiger partial charge >= 0.3 is 0 Å². The molecular weight excluding hydrogens is 198 g/mol. The first-order valence-corrected chi connectivity index (χ1v) is 5.89.